The second-order valence-corrected chi connectivity index (χ2v) is 6.44. The summed E-state index contributed by atoms with van der Waals surface area (Å²) in [7, 11) is -4.21. The fraction of sp³-hybridized carbons (Fsp3) is 0.545. The van der Waals surface area contributed by atoms with E-state index >= 15 is 0 Å². The number of aromatic nitrogens is 1. The van der Waals surface area contributed by atoms with E-state index in [0.717, 1.165) is 19.0 Å². The van der Waals surface area contributed by atoms with Crippen molar-refractivity contribution in [2.75, 3.05) is 18.4 Å². The van der Waals surface area contributed by atoms with Gasteiger partial charge >= 0.3 is 6.18 Å². The van der Waals surface area contributed by atoms with Crippen LogP contribution in [-0.4, -0.2) is 32.7 Å². The smallest absolute Gasteiger partial charge is 0.383 e. The molecule has 112 valence electrons. The molecule has 0 aromatic carbocycles. The van der Waals surface area contributed by atoms with Crippen LogP contribution in [0.15, 0.2) is 23.4 Å². The van der Waals surface area contributed by atoms with E-state index in [1.807, 2.05) is 0 Å². The molecule has 2 N–H and O–H groups in total. The molecule has 0 amide bonds. The number of hydrogen-bond donors (Lipinski definition) is 2. The van der Waals surface area contributed by atoms with Gasteiger partial charge in [0, 0.05) is 12.7 Å². The lowest BCUT2D eigenvalue weighted by molar-refractivity contribution is -0.121. The van der Waals surface area contributed by atoms with Crippen LogP contribution in [0.3, 0.4) is 0 Å². The maximum Gasteiger partial charge on any atom is 0.402 e. The van der Waals surface area contributed by atoms with Crippen LogP contribution in [0.5, 0.6) is 0 Å². The van der Waals surface area contributed by atoms with Crippen molar-refractivity contribution in [3.63, 3.8) is 0 Å². The van der Waals surface area contributed by atoms with Crippen LogP contribution in [-0.2, 0) is 10.0 Å². The Morgan fingerprint density at radius 2 is 2.00 bits per heavy atom. The van der Waals surface area contributed by atoms with E-state index in [1.54, 1.807) is 0 Å². The van der Waals surface area contributed by atoms with E-state index in [-0.39, 0.29) is 4.90 Å². The van der Waals surface area contributed by atoms with E-state index in [0.29, 0.717) is 18.2 Å². The zero-order chi connectivity index (χ0) is 14.8. The Hall–Kier alpha value is -1.35. The van der Waals surface area contributed by atoms with Gasteiger partial charge in [0.1, 0.15) is 11.4 Å². The largest absolute Gasteiger partial charge is 0.402 e. The van der Waals surface area contributed by atoms with Crippen LogP contribution in [0, 0.1) is 5.92 Å². The van der Waals surface area contributed by atoms with Crippen LogP contribution < -0.4 is 10.0 Å². The minimum atomic E-state index is -4.59. The van der Waals surface area contributed by atoms with Crippen molar-refractivity contribution in [3.05, 3.63) is 18.5 Å². The second-order valence-electron chi connectivity index (χ2n) is 4.67. The molecular formula is C11H14F3N3O2S. The molecule has 0 bridgehead atoms. The van der Waals surface area contributed by atoms with Gasteiger partial charge in [-0.2, -0.15) is 13.2 Å². The van der Waals surface area contributed by atoms with E-state index in [4.69, 9.17) is 0 Å². The van der Waals surface area contributed by atoms with Gasteiger partial charge in [0.15, 0.2) is 0 Å². The van der Waals surface area contributed by atoms with E-state index in [1.165, 1.54) is 17.0 Å². The third-order valence-corrected chi connectivity index (χ3v) is 4.15. The Labute approximate surface area is 114 Å². The molecule has 0 radical (unpaired) electrons. The van der Waals surface area contributed by atoms with Gasteiger partial charge in [-0.05, 0) is 24.8 Å². The molecule has 9 heteroatoms. The highest BCUT2D eigenvalue weighted by atomic mass is 32.2. The number of rotatable bonds is 6. The summed E-state index contributed by atoms with van der Waals surface area (Å²) in [4.78, 5) is 3.44. The van der Waals surface area contributed by atoms with E-state index < -0.39 is 22.7 Å². The number of alkyl halides is 3. The molecule has 0 saturated heterocycles. The summed E-state index contributed by atoms with van der Waals surface area (Å²) in [6.45, 7) is -0.893. The van der Waals surface area contributed by atoms with Crippen molar-refractivity contribution < 1.29 is 21.6 Å². The van der Waals surface area contributed by atoms with Gasteiger partial charge in [-0.3, -0.25) is 4.98 Å². The number of anilines is 1. The minimum Gasteiger partial charge on any atom is -0.383 e. The number of nitrogens with one attached hydrogen (secondary N) is 2. The fourth-order valence-electron chi connectivity index (χ4n) is 1.51. The Bertz CT molecular complexity index is 571. The quantitative estimate of drug-likeness (QED) is 0.840. The topological polar surface area (TPSA) is 71.1 Å². The summed E-state index contributed by atoms with van der Waals surface area (Å²) in [5.41, 5.74) is 0.479. The maximum absolute atomic E-state index is 12.0. The van der Waals surface area contributed by atoms with Crippen molar-refractivity contribution >= 4 is 15.7 Å². The summed E-state index contributed by atoms with van der Waals surface area (Å²) in [5, 5.41) is 3.01. The summed E-state index contributed by atoms with van der Waals surface area (Å²) in [6, 6.07) is 1.27. The molecule has 5 nitrogen and oxygen atoms in total. The van der Waals surface area contributed by atoms with Gasteiger partial charge in [-0.25, -0.2) is 13.1 Å². The third-order valence-electron chi connectivity index (χ3n) is 2.78. The molecule has 1 heterocycles. The first-order valence-corrected chi connectivity index (χ1v) is 7.50. The molecule has 1 saturated carbocycles. The van der Waals surface area contributed by atoms with Crippen LogP contribution in [0.2, 0.25) is 0 Å². The summed E-state index contributed by atoms with van der Waals surface area (Å²) in [6.07, 6.45) is 0.117. The summed E-state index contributed by atoms with van der Waals surface area (Å²) < 4.78 is 61.0. The monoisotopic (exact) mass is 309 g/mol. The number of pyridine rings is 1. The van der Waals surface area contributed by atoms with Crippen molar-refractivity contribution in [2.24, 2.45) is 5.92 Å². The number of hydrogen-bond acceptors (Lipinski definition) is 4. The van der Waals surface area contributed by atoms with Gasteiger partial charge < -0.3 is 5.32 Å². The van der Waals surface area contributed by atoms with E-state index in [2.05, 4.69) is 10.3 Å². The zero-order valence-corrected chi connectivity index (χ0v) is 11.3. The maximum atomic E-state index is 12.0. The van der Waals surface area contributed by atoms with Gasteiger partial charge in [0.25, 0.3) is 0 Å². The van der Waals surface area contributed by atoms with Crippen molar-refractivity contribution in [1.29, 1.82) is 0 Å². The SMILES string of the molecule is O=S(=O)(NCC(F)(F)F)c1cncc(NCC2CC2)c1. The number of nitrogens with zero attached hydrogens (tertiary/aromatic N) is 1. The Balaban J connectivity index is 2.04. The molecule has 1 aliphatic carbocycles. The molecule has 0 aliphatic heterocycles. The lowest BCUT2D eigenvalue weighted by Crippen LogP contribution is -2.33. The predicted molar refractivity (Wildman–Crippen MR) is 66.7 cm³/mol. The molecule has 0 atom stereocenters. The third kappa shape index (κ3) is 4.64. The summed E-state index contributed by atoms with van der Waals surface area (Å²) in [5.74, 6) is 0.582. The normalized spacial score (nSPS) is 16.1. The molecular weight excluding hydrogens is 295 g/mol. The van der Waals surface area contributed by atoms with Gasteiger partial charge in [-0.15, -0.1) is 0 Å². The molecule has 20 heavy (non-hydrogen) atoms. The predicted octanol–water partition coefficient (Wildman–Crippen LogP) is 1.74. The Morgan fingerprint density at radius 1 is 1.30 bits per heavy atom. The lowest BCUT2D eigenvalue weighted by atomic mass is 10.3. The van der Waals surface area contributed by atoms with E-state index in [9.17, 15) is 21.6 Å². The Morgan fingerprint density at radius 3 is 2.60 bits per heavy atom. The van der Waals surface area contributed by atoms with Crippen LogP contribution in [0.25, 0.3) is 0 Å². The first-order valence-electron chi connectivity index (χ1n) is 6.02. The zero-order valence-electron chi connectivity index (χ0n) is 10.4. The lowest BCUT2D eigenvalue weighted by Gasteiger charge is -2.10. The van der Waals surface area contributed by atoms with Crippen molar-refractivity contribution in [2.45, 2.75) is 23.9 Å². The highest BCUT2D eigenvalue weighted by Crippen LogP contribution is 2.29. The highest BCUT2D eigenvalue weighted by Gasteiger charge is 2.30. The summed E-state index contributed by atoms with van der Waals surface area (Å²) >= 11 is 0. The van der Waals surface area contributed by atoms with Crippen LogP contribution in [0.4, 0.5) is 18.9 Å². The van der Waals surface area contributed by atoms with Gasteiger partial charge in [0.2, 0.25) is 10.0 Å². The molecule has 1 aromatic rings. The molecule has 0 unspecified atom stereocenters. The number of halogens is 3. The Kier molecular flexibility index (Phi) is 4.19. The van der Waals surface area contributed by atoms with Crippen LogP contribution in [0.1, 0.15) is 12.8 Å². The first kappa shape index (κ1) is 15.0. The molecule has 1 aliphatic rings. The second kappa shape index (κ2) is 5.57. The first-order chi connectivity index (χ1) is 9.26. The van der Waals surface area contributed by atoms with Crippen molar-refractivity contribution in [3.8, 4) is 0 Å². The molecule has 1 fully saturated rings. The molecule has 0 spiro atoms. The average Bonchev–Trinajstić information content (AvgIpc) is 3.18. The molecule has 2 rings (SSSR count). The fourth-order valence-corrected chi connectivity index (χ4v) is 2.51. The van der Waals surface area contributed by atoms with Gasteiger partial charge in [-0.1, -0.05) is 0 Å². The molecule has 1 aromatic heterocycles. The minimum absolute atomic E-state index is 0.289. The van der Waals surface area contributed by atoms with Crippen LogP contribution >= 0.6 is 0 Å². The number of sulfonamides is 1. The standard InChI is InChI=1S/C11H14F3N3O2S/c12-11(13,14)7-17-20(18,19)10-3-9(5-15-6-10)16-4-8-1-2-8/h3,5-6,8,16-17H,1-2,4,7H2. The average molecular weight is 309 g/mol. The van der Waals surface area contributed by atoms with Crippen molar-refractivity contribution in [1.82, 2.24) is 9.71 Å². The van der Waals surface area contributed by atoms with Gasteiger partial charge in [0.05, 0.1) is 11.9 Å². The highest BCUT2D eigenvalue weighted by molar-refractivity contribution is 7.89.